The summed E-state index contributed by atoms with van der Waals surface area (Å²) < 4.78 is 5.10. The molecule has 0 unspecified atom stereocenters. The van der Waals surface area contributed by atoms with Crippen LogP contribution < -0.4 is 10.5 Å². The van der Waals surface area contributed by atoms with E-state index in [1.54, 1.807) is 13.3 Å². The zero-order chi connectivity index (χ0) is 13.0. The Balaban J connectivity index is 2.21. The number of methoxy groups -OCH3 is 1. The van der Waals surface area contributed by atoms with Crippen molar-refractivity contribution >= 4 is 17.6 Å². The topological polar surface area (TPSA) is 47.6 Å². The predicted molar refractivity (Wildman–Crippen MR) is 75.8 cm³/mol. The minimum absolute atomic E-state index is 0.686. The molecule has 3 heteroatoms. The van der Waals surface area contributed by atoms with Crippen molar-refractivity contribution in [1.29, 1.82) is 0 Å². The molecule has 92 valence electrons. The molecular weight excluding hydrogens is 224 g/mol. The Morgan fingerprint density at radius 2 is 1.83 bits per heavy atom. The molecule has 0 saturated carbocycles. The smallest absolute Gasteiger partial charge is 0.118 e. The lowest BCUT2D eigenvalue weighted by Gasteiger charge is -2.02. The number of benzene rings is 2. The largest absolute Gasteiger partial charge is 0.497 e. The number of nitrogen functional groups attached to an aromatic ring is 1. The van der Waals surface area contributed by atoms with Gasteiger partial charge in [0.25, 0.3) is 0 Å². The van der Waals surface area contributed by atoms with Gasteiger partial charge >= 0.3 is 0 Å². The molecule has 0 aromatic heterocycles. The molecule has 2 rings (SSSR count). The van der Waals surface area contributed by atoms with E-state index < -0.39 is 0 Å². The van der Waals surface area contributed by atoms with Gasteiger partial charge in [0.05, 0.1) is 18.5 Å². The van der Waals surface area contributed by atoms with E-state index in [1.807, 2.05) is 49.4 Å². The van der Waals surface area contributed by atoms with E-state index in [-0.39, 0.29) is 0 Å². The summed E-state index contributed by atoms with van der Waals surface area (Å²) in [5, 5.41) is 0. The van der Waals surface area contributed by atoms with Crippen molar-refractivity contribution in [2.24, 2.45) is 4.99 Å². The fourth-order valence-corrected chi connectivity index (χ4v) is 1.60. The van der Waals surface area contributed by atoms with Crippen LogP contribution in [0.2, 0.25) is 0 Å². The number of ether oxygens (including phenoxy) is 1. The van der Waals surface area contributed by atoms with Gasteiger partial charge in [0.2, 0.25) is 0 Å². The van der Waals surface area contributed by atoms with E-state index >= 15 is 0 Å². The number of aliphatic imine (C=N–C) groups is 1. The fraction of sp³-hybridized carbons (Fsp3) is 0.133. The van der Waals surface area contributed by atoms with Crippen LogP contribution in [0.4, 0.5) is 11.4 Å². The molecule has 0 atom stereocenters. The summed E-state index contributed by atoms with van der Waals surface area (Å²) in [6.45, 7) is 2.02. The second-order valence-corrected chi connectivity index (χ2v) is 4.09. The van der Waals surface area contributed by atoms with E-state index in [4.69, 9.17) is 10.5 Å². The minimum Gasteiger partial charge on any atom is -0.497 e. The maximum atomic E-state index is 5.87. The molecule has 0 heterocycles. The second kappa shape index (κ2) is 5.36. The van der Waals surface area contributed by atoms with Crippen molar-refractivity contribution in [3.05, 3.63) is 53.6 Å². The highest BCUT2D eigenvalue weighted by atomic mass is 16.5. The summed E-state index contributed by atoms with van der Waals surface area (Å²) in [6.07, 6.45) is 1.80. The van der Waals surface area contributed by atoms with Gasteiger partial charge in [-0.3, -0.25) is 4.99 Å². The number of nitrogens with two attached hydrogens (primary N) is 1. The van der Waals surface area contributed by atoms with E-state index in [0.29, 0.717) is 5.69 Å². The van der Waals surface area contributed by atoms with Crippen molar-refractivity contribution in [3.8, 4) is 5.75 Å². The molecule has 0 aliphatic heterocycles. The molecule has 3 nitrogen and oxygen atoms in total. The van der Waals surface area contributed by atoms with Gasteiger partial charge in [-0.05, 0) is 54.4 Å². The van der Waals surface area contributed by atoms with Gasteiger partial charge in [-0.1, -0.05) is 6.07 Å². The molecule has 2 aromatic rings. The molecule has 2 N–H and O–H groups in total. The molecule has 0 aliphatic carbocycles. The Bertz CT molecular complexity index is 559. The summed E-state index contributed by atoms with van der Waals surface area (Å²) in [6, 6.07) is 13.5. The van der Waals surface area contributed by atoms with Gasteiger partial charge < -0.3 is 10.5 Å². The normalized spacial score (nSPS) is 10.8. The lowest BCUT2D eigenvalue weighted by Crippen LogP contribution is -1.87. The number of rotatable bonds is 3. The first-order valence-corrected chi connectivity index (χ1v) is 5.73. The number of hydrogen-bond donors (Lipinski definition) is 1. The van der Waals surface area contributed by atoms with Crippen molar-refractivity contribution in [2.75, 3.05) is 12.8 Å². The van der Waals surface area contributed by atoms with Gasteiger partial charge in [0, 0.05) is 6.21 Å². The van der Waals surface area contributed by atoms with Crippen LogP contribution in [0.3, 0.4) is 0 Å². The summed E-state index contributed by atoms with van der Waals surface area (Å²) in [5.41, 5.74) is 9.50. The Hall–Kier alpha value is -2.29. The molecular formula is C15H16N2O. The van der Waals surface area contributed by atoms with E-state index in [1.165, 1.54) is 0 Å². The molecule has 0 fully saturated rings. The van der Waals surface area contributed by atoms with Crippen molar-refractivity contribution in [3.63, 3.8) is 0 Å². The molecule has 18 heavy (non-hydrogen) atoms. The third-order valence-corrected chi connectivity index (χ3v) is 2.65. The Morgan fingerprint density at radius 1 is 1.11 bits per heavy atom. The second-order valence-electron chi connectivity index (χ2n) is 4.09. The zero-order valence-electron chi connectivity index (χ0n) is 10.6. The molecule has 0 saturated heterocycles. The fourth-order valence-electron chi connectivity index (χ4n) is 1.60. The maximum absolute atomic E-state index is 5.87. The average Bonchev–Trinajstić information content (AvgIpc) is 2.40. The molecule has 0 amide bonds. The summed E-state index contributed by atoms with van der Waals surface area (Å²) >= 11 is 0. The van der Waals surface area contributed by atoms with Crippen LogP contribution in [0.15, 0.2) is 47.5 Å². The van der Waals surface area contributed by atoms with Crippen LogP contribution in [0.1, 0.15) is 11.1 Å². The average molecular weight is 240 g/mol. The molecule has 0 bridgehead atoms. The molecule has 0 spiro atoms. The van der Waals surface area contributed by atoms with Gasteiger partial charge in [-0.15, -0.1) is 0 Å². The third-order valence-electron chi connectivity index (χ3n) is 2.65. The van der Waals surface area contributed by atoms with Crippen LogP contribution in [-0.2, 0) is 0 Å². The Morgan fingerprint density at radius 3 is 2.50 bits per heavy atom. The first-order chi connectivity index (χ1) is 8.69. The van der Waals surface area contributed by atoms with Gasteiger partial charge in [-0.25, -0.2) is 0 Å². The van der Waals surface area contributed by atoms with Gasteiger partial charge in [0.15, 0.2) is 0 Å². The van der Waals surface area contributed by atoms with E-state index in [9.17, 15) is 0 Å². The molecule has 0 radical (unpaired) electrons. The standard InChI is InChI=1S/C15H16N2O/c1-11-3-8-14(16)15(9-11)17-10-12-4-6-13(18-2)7-5-12/h3-10H,16H2,1-2H3. The summed E-state index contributed by atoms with van der Waals surface area (Å²) in [7, 11) is 1.65. The van der Waals surface area contributed by atoms with Crippen LogP contribution in [-0.4, -0.2) is 13.3 Å². The minimum atomic E-state index is 0.686. The highest BCUT2D eigenvalue weighted by molar-refractivity contribution is 5.84. The van der Waals surface area contributed by atoms with Crippen molar-refractivity contribution in [2.45, 2.75) is 6.92 Å². The van der Waals surface area contributed by atoms with Gasteiger partial charge in [0.1, 0.15) is 5.75 Å². The van der Waals surface area contributed by atoms with Crippen molar-refractivity contribution < 1.29 is 4.74 Å². The Labute approximate surface area is 107 Å². The lowest BCUT2D eigenvalue weighted by atomic mass is 10.2. The number of hydrogen-bond acceptors (Lipinski definition) is 3. The highest BCUT2D eigenvalue weighted by Gasteiger charge is 1.96. The van der Waals surface area contributed by atoms with Crippen LogP contribution in [0, 0.1) is 6.92 Å². The summed E-state index contributed by atoms with van der Waals surface area (Å²) in [5.74, 6) is 0.835. The monoisotopic (exact) mass is 240 g/mol. The van der Waals surface area contributed by atoms with E-state index in [2.05, 4.69) is 4.99 Å². The number of nitrogens with zero attached hydrogens (tertiary/aromatic N) is 1. The molecule has 0 aliphatic rings. The van der Waals surface area contributed by atoms with Crippen LogP contribution in [0.5, 0.6) is 5.75 Å². The van der Waals surface area contributed by atoms with Crippen LogP contribution >= 0.6 is 0 Å². The van der Waals surface area contributed by atoms with Gasteiger partial charge in [-0.2, -0.15) is 0 Å². The highest BCUT2D eigenvalue weighted by Crippen LogP contribution is 2.22. The third kappa shape index (κ3) is 2.88. The quantitative estimate of drug-likeness (QED) is 0.660. The van der Waals surface area contributed by atoms with Crippen LogP contribution in [0.25, 0.3) is 0 Å². The SMILES string of the molecule is COc1ccc(C=Nc2cc(C)ccc2N)cc1. The lowest BCUT2D eigenvalue weighted by molar-refractivity contribution is 0.415. The first kappa shape index (κ1) is 12.2. The summed E-state index contributed by atoms with van der Waals surface area (Å²) in [4.78, 5) is 4.40. The number of aryl methyl sites for hydroxylation is 1. The maximum Gasteiger partial charge on any atom is 0.118 e. The number of anilines is 1. The molecule has 2 aromatic carbocycles. The Kier molecular flexibility index (Phi) is 3.63. The first-order valence-electron chi connectivity index (χ1n) is 5.73. The predicted octanol–water partition coefficient (Wildman–Crippen LogP) is 3.34. The van der Waals surface area contributed by atoms with Crippen molar-refractivity contribution in [1.82, 2.24) is 0 Å². The van der Waals surface area contributed by atoms with E-state index in [0.717, 1.165) is 22.6 Å². The zero-order valence-corrected chi connectivity index (χ0v) is 10.6.